The second-order valence-corrected chi connectivity index (χ2v) is 17.9. The number of terminal acetylenes is 1. The van der Waals surface area contributed by atoms with Crippen molar-refractivity contribution in [3.8, 4) is 23.5 Å². The predicted octanol–water partition coefficient (Wildman–Crippen LogP) is 6.43. The number of aromatic nitrogens is 4. The molecule has 1 aliphatic carbocycles. The largest absolute Gasteiger partial charge is 0.377 e. The molecule has 2 aliphatic heterocycles. The average molecular weight is 814 g/mol. The summed E-state index contributed by atoms with van der Waals surface area (Å²) in [4.78, 5) is 26.5. The van der Waals surface area contributed by atoms with Gasteiger partial charge in [-0.25, -0.2) is 22.4 Å². The van der Waals surface area contributed by atoms with Gasteiger partial charge in [0.2, 0.25) is 5.95 Å². The van der Waals surface area contributed by atoms with E-state index in [0.717, 1.165) is 52.8 Å². The predicted molar refractivity (Wildman–Crippen MR) is 226 cm³/mol. The number of fused-ring (bicyclic) bond motifs is 2. The van der Waals surface area contributed by atoms with Crippen LogP contribution < -0.4 is 10.5 Å². The minimum Gasteiger partial charge on any atom is -0.377 e. The van der Waals surface area contributed by atoms with Crippen molar-refractivity contribution >= 4 is 37.8 Å². The SMILES string of the molecule is C#CC1(O)CCN(c2nc(C(COC3CCCCO3)(OC3CC3)c3ccccc3)c3cc(-c4cn(C)c(=O)c5c4ccn5S(=O)(=O)c4ccc(C)cc4)ccc3n2)CC1. The van der Waals surface area contributed by atoms with E-state index in [2.05, 4.69) is 5.92 Å². The van der Waals surface area contributed by atoms with E-state index in [0.29, 0.717) is 66.0 Å². The summed E-state index contributed by atoms with van der Waals surface area (Å²) in [5.41, 5.74) is 1.63. The fourth-order valence-corrected chi connectivity index (χ4v) is 9.56. The van der Waals surface area contributed by atoms with Crippen LogP contribution in [0.15, 0.2) is 101 Å². The Labute approximate surface area is 343 Å². The van der Waals surface area contributed by atoms with Gasteiger partial charge in [-0.05, 0) is 80.5 Å². The van der Waals surface area contributed by atoms with Crippen molar-refractivity contribution in [1.82, 2.24) is 18.5 Å². The molecule has 3 fully saturated rings. The fourth-order valence-electron chi connectivity index (χ4n) is 8.22. The number of nitrogens with zero attached hydrogens (tertiary/aromatic N) is 5. The third kappa shape index (κ3) is 7.34. The highest BCUT2D eigenvalue weighted by Crippen LogP contribution is 2.44. The minimum absolute atomic E-state index is 0.0261. The maximum atomic E-state index is 14.0. The van der Waals surface area contributed by atoms with Crippen LogP contribution in [-0.2, 0) is 36.9 Å². The van der Waals surface area contributed by atoms with E-state index in [-0.39, 0.29) is 23.1 Å². The Hall–Kier alpha value is -5.36. The number of hydrogen-bond donors (Lipinski definition) is 1. The Bertz CT molecular complexity index is 2740. The molecule has 6 aromatic rings. The van der Waals surface area contributed by atoms with Crippen molar-refractivity contribution in [2.24, 2.45) is 7.05 Å². The molecule has 2 saturated heterocycles. The number of pyridine rings is 1. The van der Waals surface area contributed by atoms with Crippen LogP contribution in [0.1, 0.15) is 61.8 Å². The Balaban J connectivity index is 1.25. The van der Waals surface area contributed by atoms with Crippen molar-refractivity contribution in [3.63, 3.8) is 0 Å². The molecule has 3 aliphatic rings. The van der Waals surface area contributed by atoms with Gasteiger partial charge in [-0.15, -0.1) is 6.42 Å². The number of aliphatic hydroxyl groups is 1. The highest BCUT2D eigenvalue weighted by molar-refractivity contribution is 7.90. The first-order valence-electron chi connectivity index (χ1n) is 20.3. The molecule has 1 saturated carbocycles. The maximum absolute atomic E-state index is 14.0. The number of benzene rings is 3. The van der Waals surface area contributed by atoms with Crippen LogP contribution in [0.3, 0.4) is 0 Å². The summed E-state index contributed by atoms with van der Waals surface area (Å²) in [5, 5.41) is 12.1. The molecule has 12 nitrogen and oxygen atoms in total. The fraction of sp³-hybridized carbons (Fsp3) is 0.370. The molecule has 3 aromatic heterocycles. The van der Waals surface area contributed by atoms with Gasteiger partial charge < -0.3 is 28.8 Å². The van der Waals surface area contributed by atoms with Crippen LogP contribution in [0.4, 0.5) is 5.95 Å². The number of piperidine rings is 1. The van der Waals surface area contributed by atoms with Gasteiger partial charge >= 0.3 is 0 Å². The smallest absolute Gasteiger partial charge is 0.275 e. The molecule has 3 aromatic carbocycles. The zero-order chi connectivity index (χ0) is 40.9. The minimum atomic E-state index is -4.10. The number of ether oxygens (including phenoxy) is 3. The summed E-state index contributed by atoms with van der Waals surface area (Å²) in [6, 6.07) is 24.1. The number of hydrogen-bond acceptors (Lipinski definition) is 10. The molecule has 0 bridgehead atoms. The quantitative estimate of drug-likeness (QED) is 0.146. The Kier molecular flexibility index (Phi) is 10.2. The third-order valence-electron chi connectivity index (χ3n) is 11.8. The molecule has 304 valence electrons. The average Bonchev–Trinajstić information content (AvgIpc) is 3.96. The van der Waals surface area contributed by atoms with Gasteiger partial charge in [-0.2, -0.15) is 0 Å². The third-order valence-corrected chi connectivity index (χ3v) is 13.5. The van der Waals surface area contributed by atoms with Gasteiger partial charge in [-0.3, -0.25) is 4.79 Å². The lowest BCUT2D eigenvalue weighted by atomic mass is 9.87. The Morgan fingerprint density at radius 2 is 1.75 bits per heavy atom. The van der Waals surface area contributed by atoms with Crippen molar-refractivity contribution in [2.75, 3.05) is 31.2 Å². The number of aryl methyl sites for hydroxylation is 2. The first-order chi connectivity index (χ1) is 28.5. The van der Waals surface area contributed by atoms with E-state index in [4.69, 9.17) is 30.6 Å². The van der Waals surface area contributed by atoms with Gasteiger partial charge in [0.15, 0.2) is 11.9 Å². The topological polar surface area (TPSA) is 138 Å². The van der Waals surface area contributed by atoms with E-state index >= 15 is 0 Å². The first kappa shape index (κ1) is 39.1. The van der Waals surface area contributed by atoms with E-state index in [1.807, 2.05) is 60.4 Å². The van der Waals surface area contributed by atoms with E-state index < -0.39 is 33.1 Å². The van der Waals surface area contributed by atoms with Crippen LogP contribution in [0.25, 0.3) is 32.9 Å². The zero-order valence-corrected chi connectivity index (χ0v) is 34.0. The molecule has 0 amide bonds. The molecule has 13 heteroatoms. The monoisotopic (exact) mass is 813 g/mol. The van der Waals surface area contributed by atoms with E-state index in [9.17, 15) is 18.3 Å². The van der Waals surface area contributed by atoms with Crippen LogP contribution >= 0.6 is 0 Å². The second-order valence-electron chi connectivity index (χ2n) is 16.0. The second kappa shape index (κ2) is 15.3. The maximum Gasteiger partial charge on any atom is 0.275 e. The first-order valence-corrected chi connectivity index (χ1v) is 21.7. The molecular weight excluding hydrogens is 767 g/mol. The van der Waals surface area contributed by atoms with Crippen molar-refractivity contribution < 1.29 is 27.7 Å². The summed E-state index contributed by atoms with van der Waals surface area (Å²) in [6.45, 7) is 3.54. The molecule has 2 atom stereocenters. The molecular formula is C46H47N5O7S. The number of anilines is 1. The summed E-state index contributed by atoms with van der Waals surface area (Å²) >= 11 is 0. The van der Waals surface area contributed by atoms with Gasteiger partial charge in [0.05, 0.1) is 28.8 Å². The summed E-state index contributed by atoms with van der Waals surface area (Å²) in [5.74, 6) is 3.04. The lowest BCUT2D eigenvalue weighted by molar-refractivity contribution is -0.197. The van der Waals surface area contributed by atoms with Crippen LogP contribution in [0.5, 0.6) is 0 Å². The standard InChI is InChI=1S/C46H47N5O7S/c1-4-45(53)22-25-50(26-23-45)44-47-39-20-15-32(38-29-49(3)43(52)41-36(38)21-24-51(41)59(54,55)35-18-13-31(2)14-19-35)28-37(39)42(48-44)46(58-34-16-17-34,33-10-6-5-7-11-33)30-57-40-12-8-9-27-56-40/h1,5-7,10-11,13-15,18-21,24,28-29,34,40,53H,8-9,12,16-17,22-23,25-27,30H2,2-3H3. The highest BCUT2D eigenvalue weighted by atomic mass is 32.2. The van der Waals surface area contributed by atoms with Crippen molar-refractivity contribution in [2.45, 2.75) is 80.4 Å². The van der Waals surface area contributed by atoms with Gasteiger partial charge in [0.25, 0.3) is 15.6 Å². The van der Waals surface area contributed by atoms with E-state index in [1.54, 1.807) is 43.6 Å². The Morgan fingerprint density at radius 1 is 0.983 bits per heavy atom. The van der Waals surface area contributed by atoms with Gasteiger partial charge in [-0.1, -0.05) is 60.0 Å². The summed E-state index contributed by atoms with van der Waals surface area (Å²) in [7, 11) is -2.48. The highest BCUT2D eigenvalue weighted by Gasteiger charge is 2.45. The molecule has 0 spiro atoms. The van der Waals surface area contributed by atoms with Gasteiger partial charge in [0, 0.05) is 68.3 Å². The summed E-state index contributed by atoms with van der Waals surface area (Å²) < 4.78 is 50.4. The van der Waals surface area contributed by atoms with E-state index in [1.165, 1.54) is 10.8 Å². The lowest BCUT2D eigenvalue weighted by Gasteiger charge is -2.38. The van der Waals surface area contributed by atoms with Crippen molar-refractivity contribution in [1.29, 1.82) is 0 Å². The van der Waals surface area contributed by atoms with Crippen molar-refractivity contribution in [3.05, 3.63) is 118 Å². The van der Waals surface area contributed by atoms with Crippen LogP contribution in [-0.4, -0.2) is 76.3 Å². The summed E-state index contributed by atoms with van der Waals surface area (Å²) in [6.07, 6.45) is 13.7. The molecule has 0 radical (unpaired) electrons. The molecule has 2 unspecified atom stereocenters. The van der Waals surface area contributed by atoms with Gasteiger partial charge in [0.1, 0.15) is 11.1 Å². The van der Waals surface area contributed by atoms with Crippen LogP contribution in [0.2, 0.25) is 0 Å². The molecule has 9 rings (SSSR count). The van der Waals surface area contributed by atoms with Crippen LogP contribution in [0, 0.1) is 19.3 Å². The molecule has 59 heavy (non-hydrogen) atoms. The Morgan fingerprint density at radius 3 is 2.44 bits per heavy atom. The lowest BCUT2D eigenvalue weighted by Crippen LogP contribution is -2.45. The normalized spacial score (nSPS) is 19.4. The zero-order valence-electron chi connectivity index (χ0n) is 33.2. The molecule has 5 heterocycles. The number of rotatable bonds is 11. The molecule has 1 N–H and O–H groups in total.